The quantitative estimate of drug-likeness (QED) is 0.744. The fourth-order valence-corrected chi connectivity index (χ4v) is 2.17. The van der Waals surface area contributed by atoms with Crippen molar-refractivity contribution in [1.82, 2.24) is 0 Å². The first-order chi connectivity index (χ1) is 9.61. The lowest BCUT2D eigenvalue weighted by Gasteiger charge is -2.17. The summed E-state index contributed by atoms with van der Waals surface area (Å²) in [6.45, 7) is 1.86. The minimum atomic E-state index is -0.629. The first-order valence-electron chi connectivity index (χ1n) is 6.32. The normalized spacial score (nSPS) is 11.9. The van der Waals surface area contributed by atoms with Crippen LogP contribution in [0, 0.1) is 5.82 Å². The minimum Gasteiger partial charge on any atom is -0.481 e. The van der Waals surface area contributed by atoms with Crippen molar-refractivity contribution < 1.29 is 13.9 Å². The number of halogens is 2. The van der Waals surface area contributed by atoms with Gasteiger partial charge < -0.3 is 4.74 Å². The molecule has 0 radical (unpaired) electrons. The molecular weight excluding hydrogens is 323 g/mol. The van der Waals surface area contributed by atoms with Gasteiger partial charge in [0.1, 0.15) is 11.6 Å². The van der Waals surface area contributed by atoms with E-state index >= 15 is 0 Å². The third-order valence-electron chi connectivity index (χ3n) is 2.88. The Morgan fingerprint density at radius 3 is 2.60 bits per heavy atom. The lowest BCUT2D eigenvalue weighted by molar-refractivity contribution is 0.0784. The summed E-state index contributed by atoms with van der Waals surface area (Å²) in [5, 5.41) is 0. The van der Waals surface area contributed by atoms with Crippen LogP contribution >= 0.6 is 15.9 Å². The van der Waals surface area contributed by atoms with Gasteiger partial charge in [0.2, 0.25) is 5.78 Å². The maximum Gasteiger partial charge on any atom is 0.203 e. The van der Waals surface area contributed by atoms with Crippen LogP contribution in [0.15, 0.2) is 53.0 Å². The molecule has 0 spiro atoms. The number of benzene rings is 2. The van der Waals surface area contributed by atoms with Gasteiger partial charge in [-0.05, 0) is 34.5 Å². The van der Waals surface area contributed by atoms with Crippen molar-refractivity contribution >= 4 is 21.7 Å². The van der Waals surface area contributed by atoms with Gasteiger partial charge in [0.15, 0.2) is 6.10 Å². The summed E-state index contributed by atoms with van der Waals surface area (Å²) in [7, 11) is 0. The first kappa shape index (κ1) is 14.7. The molecule has 2 aromatic rings. The molecule has 0 aliphatic carbocycles. The monoisotopic (exact) mass is 336 g/mol. The molecule has 0 saturated carbocycles. The molecule has 0 heterocycles. The van der Waals surface area contributed by atoms with E-state index in [4.69, 9.17) is 4.74 Å². The highest BCUT2D eigenvalue weighted by molar-refractivity contribution is 9.10. The van der Waals surface area contributed by atoms with Gasteiger partial charge in [-0.2, -0.15) is 0 Å². The van der Waals surface area contributed by atoms with Crippen molar-refractivity contribution in [2.24, 2.45) is 0 Å². The Morgan fingerprint density at radius 1 is 1.25 bits per heavy atom. The van der Waals surface area contributed by atoms with E-state index in [2.05, 4.69) is 15.9 Å². The van der Waals surface area contributed by atoms with Gasteiger partial charge in [-0.3, -0.25) is 4.79 Å². The Labute approximate surface area is 125 Å². The van der Waals surface area contributed by atoms with Gasteiger partial charge in [-0.25, -0.2) is 4.39 Å². The summed E-state index contributed by atoms with van der Waals surface area (Å²) in [4.78, 5) is 12.3. The van der Waals surface area contributed by atoms with Gasteiger partial charge in [-0.15, -0.1) is 0 Å². The number of rotatable bonds is 5. The molecule has 104 valence electrons. The topological polar surface area (TPSA) is 26.3 Å². The summed E-state index contributed by atoms with van der Waals surface area (Å²) in [6, 6.07) is 13.1. The Kier molecular flexibility index (Phi) is 4.90. The fourth-order valence-electron chi connectivity index (χ4n) is 1.83. The molecule has 4 heteroatoms. The molecule has 0 amide bonds. The van der Waals surface area contributed by atoms with Crippen molar-refractivity contribution in [2.45, 2.75) is 19.4 Å². The van der Waals surface area contributed by atoms with E-state index in [1.807, 2.05) is 13.0 Å². The Bertz CT molecular complexity index is 599. The summed E-state index contributed by atoms with van der Waals surface area (Å²) < 4.78 is 19.5. The molecular formula is C16H14BrFO2. The second kappa shape index (κ2) is 6.66. The molecule has 0 aliphatic heterocycles. The van der Waals surface area contributed by atoms with E-state index in [1.165, 1.54) is 12.1 Å². The zero-order valence-electron chi connectivity index (χ0n) is 11.0. The third-order valence-corrected chi connectivity index (χ3v) is 3.54. The molecule has 0 saturated heterocycles. The van der Waals surface area contributed by atoms with Gasteiger partial charge in [0, 0.05) is 11.6 Å². The van der Waals surface area contributed by atoms with Gasteiger partial charge in [0.25, 0.3) is 0 Å². The number of hydrogen-bond donors (Lipinski definition) is 0. The third kappa shape index (κ3) is 3.45. The predicted molar refractivity (Wildman–Crippen MR) is 79.6 cm³/mol. The molecule has 2 nitrogen and oxygen atoms in total. The molecule has 0 N–H and O–H groups in total. The summed E-state index contributed by atoms with van der Waals surface area (Å²) in [5.74, 6) is -0.171. The van der Waals surface area contributed by atoms with Crippen molar-refractivity contribution in [1.29, 1.82) is 0 Å². The standard InChI is InChI=1S/C16H14BrFO2/c1-2-14(16(19)11-6-4-3-5-7-11)20-15-10-12(18)8-9-13(15)17/h3-10,14H,2H2,1H3. The first-order valence-corrected chi connectivity index (χ1v) is 7.12. The number of ether oxygens (including phenoxy) is 1. The lowest BCUT2D eigenvalue weighted by atomic mass is 10.0. The number of Topliss-reactive ketones (excluding diaryl/α,β-unsaturated/α-hetero) is 1. The van der Waals surface area contributed by atoms with Crippen LogP contribution in [0.5, 0.6) is 5.75 Å². The smallest absolute Gasteiger partial charge is 0.203 e. The SMILES string of the molecule is CCC(Oc1cc(F)ccc1Br)C(=O)c1ccccc1. The van der Waals surface area contributed by atoms with Crippen molar-refractivity contribution in [2.75, 3.05) is 0 Å². The van der Waals surface area contributed by atoms with Crippen LogP contribution in [0.2, 0.25) is 0 Å². The predicted octanol–water partition coefficient (Wildman–Crippen LogP) is 4.63. The van der Waals surface area contributed by atoms with Gasteiger partial charge in [0.05, 0.1) is 4.47 Å². The Hall–Kier alpha value is -1.68. The Morgan fingerprint density at radius 2 is 1.95 bits per heavy atom. The van der Waals surface area contributed by atoms with E-state index in [-0.39, 0.29) is 5.78 Å². The molecule has 1 atom stereocenters. The van der Waals surface area contributed by atoms with Crippen LogP contribution < -0.4 is 4.74 Å². The van der Waals surface area contributed by atoms with Crippen molar-refractivity contribution in [3.8, 4) is 5.75 Å². The van der Waals surface area contributed by atoms with Crippen LogP contribution in [0.25, 0.3) is 0 Å². The molecule has 0 aliphatic rings. The zero-order valence-corrected chi connectivity index (χ0v) is 12.6. The highest BCUT2D eigenvalue weighted by Gasteiger charge is 2.21. The van der Waals surface area contributed by atoms with Gasteiger partial charge >= 0.3 is 0 Å². The summed E-state index contributed by atoms with van der Waals surface area (Å²) in [5.41, 5.74) is 0.590. The number of carbonyl (C=O) groups excluding carboxylic acids is 1. The van der Waals surface area contributed by atoms with Crippen LogP contribution in [-0.4, -0.2) is 11.9 Å². The average Bonchev–Trinajstić information content (AvgIpc) is 2.48. The molecule has 2 aromatic carbocycles. The van der Waals surface area contributed by atoms with E-state index in [1.54, 1.807) is 30.3 Å². The minimum absolute atomic E-state index is 0.107. The fraction of sp³-hybridized carbons (Fsp3) is 0.188. The maximum atomic E-state index is 13.2. The second-order valence-corrected chi connectivity index (χ2v) is 5.17. The van der Waals surface area contributed by atoms with Crippen molar-refractivity contribution in [3.63, 3.8) is 0 Å². The molecule has 0 aromatic heterocycles. The van der Waals surface area contributed by atoms with E-state index in [0.717, 1.165) is 0 Å². The van der Waals surface area contributed by atoms with Crippen LogP contribution in [0.3, 0.4) is 0 Å². The van der Waals surface area contributed by atoms with Gasteiger partial charge in [-0.1, -0.05) is 37.3 Å². The van der Waals surface area contributed by atoms with Crippen molar-refractivity contribution in [3.05, 3.63) is 64.4 Å². The average molecular weight is 337 g/mol. The highest BCUT2D eigenvalue weighted by atomic mass is 79.9. The molecule has 2 rings (SSSR count). The number of carbonyl (C=O) groups is 1. The Balaban J connectivity index is 2.21. The largest absolute Gasteiger partial charge is 0.481 e. The van der Waals surface area contributed by atoms with E-state index in [9.17, 15) is 9.18 Å². The van der Waals surface area contributed by atoms with Crippen LogP contribution in [0.1, 0.15) is 23.7 Å². The molecule has 0 bridgehead atoms. The molecule has 20 heavy (non-hydrogen) atoms. The summed E-state index contributed by atoms with van der Waals surface area (Å²) >= 11 is 3.29. The highest BCUT2D eigenvalue weighted by Crippen LogP contribution is 2.27. The van der Waals surface area contributed by atoms with E-state index < -0.39 is 11.9 Å². The number of ketones is 1. The molecule has 1 unspecified atom stereocenters. The second-order valence-electron chi connectivity index (χ2n) is 4.32. The van der Waals surface area contributed by atoms with Crippen LogP contribution in [-0.2, 0) is 0 Å². The number of hydrogen-bond acceptors (Lipinski definition) is 2. The summed E-state index contributed by atoms with van der Waals surface area (Å²) in [6.07, 6.45) is -0.119. The zero-order chi connectivity index (χ0) is 14.5. The lowest BCUT2D eigenvalue weighted by Crippen LogP contribution is -2.26. The maximum absolute atomic E-state index is 13.2. The van der Waals surface area contributed by atoms with Crippen LogP contribution in [0.4, 0.5) is 4.39 Å². The van der Waals surface area contributed by atoms with E-state index in [0.29, 0.717) is 22.2 Å². The molecule has 0 fully saturated rings.